The van der Waals surface area contributed by atoms with Crippen LogP contribution < -0.4 is 14.8 Å². The van der Waals surface area contributed by atoms with E-state index in [1.807, 2.05) is 12.1 Å². The summed E-state index contributed by atoms with van der Waals surface area (Å²) in [5.41, 5.74) is 0.492. The fourth-order valence-corrected chi connectivity index (χ4v) is 5.47. The minimum absolute atomic E-state index is 0.0142. The second-order valence-electron chi connectivity index (χ2n) is 7.07. The maximum absolute atomic E-state index is 13.2. The maximum atomic E-state index is 13.2. The average molecular weight is 497 g/mol. The minimum atomic E-state index is -3.97. The van der Waals surface area contributed by atoms with Gasteiger partial charge in [0.05, 0.1) is 36.1 Å². The molecule has 1 aromatic heterocycles. The first-order valence-electron chi connectivity index (χ1n) is 10.0. The monoisotopic (exact) mass is 496 g/mol. The molecule has 0 bridgehead atoms. The van der Waals surface area contributed by atoms with E-state index in [4.69, 9.17) is 9.47 Å². The number of amides is 1. The molecule has 0 spiro atoms. The Morgan fingerprint density at radius 1 is 0.882 bits per heavy atom. The third kappa shape index (κ3) is 4.59. The van der Waals surface area contributed by atoms with Crippen LogP contribution in [0.5, 0.6) is 5.75 Å². The fraction of sp³-hybridized carbons (Fsp3) is 0.0833. The number of methoxy groups -OCH3 is 2. The Hall–Kier alpha value is -3.89. The highest BCUT2D eigenvalue weighted by atomic mass is 32.2. The SMILES string of the molecule is COC(=O)c1sc2ccccc2c1NC(=O)c1ccccc1NS(=O)(=O)c1ccc(OC)cc1. The van der Waals surface area contributed by atoms with Crippen LogP contribution in [0.25, 0.3) is 10.1 Å². The maximum Gasteiger partial charge on any atom is 0.350 e. The van der Waals surface area contributed by atoms with Crippen LogP contribution >= 0.6 is 11.3 Å². The average Bonchev–Trinajstić information content (AvgIpc) is 3.22. The first kappa shape index (κ1) is 23.3. The zero-order valence-corrected chi connectivity index (χ0v) is 19.8. The number of thiophene rings is 1. The first-order chi connectivity index (χ1) is 16.3. The molecule has 1 heterocycles. The number of carbonyl (C=O) groups is 2. The van der Waals surface area contributed by atoms with Crippen molar-refractivity contribution in [2.75, 3.05) is 24.3 Å². The number of esters is 1. The van der Waals surface area contributed by atoms with Crippen molar-refractivity contribution >= 4 is 54.7 Å². The van der Waals surface area contributed by atoms with E-state index in [9.17, 15) is 18.0 Å². The summed E-state index contributed by atoms with van der Waals surface area (Å²) in [5, 5.41) is 3.44. The van der Waals surface area contributed by atoms with Crippen LogP contribution in [0.1, 0.15) is 20.0 Å². The fourth-order valence-electron chi connectivity index (χ4n) is 3.32. The lowest BCUT2D eigenvalue weighted by Crippen LogP contribution is -2.19. The van der Waals surface area contributed by atoms with Gasteiger partial charge in [-0.3, -0.25) is 9.52 Å². The van der Waals surface area contributed by atoms with Gasteiger partial charge in [0.15, 0.2) is 0 Å². The lowest BCUT2D eigenvalue weighted by Gasteiger charge is -2.13. The molecule has 4 rings (SSSR count). The van der Waals surface area contributed by atoms with Gasteiger partial charge in [-0.15, -0.1) is 11.3 Å². The van der Waals surface area contributed by atoms with E-state index in [2.05, 4.69) is 10.0 Å². The van der Waals surface area contributed by atoms with Crippen molar-refractivity contribution in [1.82, 2.24) is 0 Å². The molecule has 10 heteroatoms. The summed E-state index contributed by atoms with van der Waals surface area (Å²) < 4.78 is 39.0. The Kier molecular flexibility index (Phi) is 6.53. The number of para-hydroxylation sites is 1. The Bertz CT molecular complexity index is 1480. The van der Waals surface area contributed by atoms with Crippen molar-refractivity contribution in [1.29, 1.82) is 0 Å². The number of nitrogens with one attached hydrogen (secondary N) is 2. The van der Waals surface area contributed by atoms with Crippen molar-refractivity contribution in [2.45, 2.75) is 4.90 Å². The van der Waals surface area contributed by atoms with Gasteiger partial charge in [-0.25, -0.2) is 13.2 Å². The van der Waals surface area contributed by atoms with Gasteiger partial charge in [0.2, 0.25) is 0 Å². The molecule has 3 aromatic carbocycles. The van der Waals surface area contributed by atoms with Crippen molar-refractivity contribution in [3.8, 4) is 5.75 Å². The number of hydrogen-bond donors (Lipinski definition) is 2. The molecule has 0 saturated carbocycles. The minimum Gasteiger partial charge on any atom is -0.497 e. The van der Waals surface area contributed by atoms with Gasteiger partial charge < -0.3 is 14.8 Å². The number of rotatable bonds is 7. The van der Waals surface area contributed by atoms with Crippen LogP contribution in [0.15, 0.2) is 77.7 Å². The van der Waals surface area contributed by atoms with E-state index in [1.165, 1.54) is 62.0 Å². The topological polar surface area (TPSA) is 111 Å². The molecule has 0 aliphatic carbocycles. The van der Waals surface area contributed by atoms with Gasteiger partial charge in [-0.2, -0.15) is 0 Å². The van der Waals surface area contributed by atoms with E-state index in [0.717, 1.165) is 4.70 Å². The Balaban J connectivity index is 1.67. The zero-order valence-electron chi connectivity index (χ0n) is 18.2. The predicted molar refractivity (Wildman–Crippen MR) is 131 cm³/mol. The van der Waals surface area contributed by atoms with Crippen LogP contribution in [0.4, 0.5) is 11.4 Å². The van der Waals surface area contributed by atoms with Gasteiger partial charge in [0, 0.05) is 10.1 Å². The lowest BCUT2D eigenvalue weighted by atomic mass is 10.1. The standard InChI is InChI=1S/C24H20N2O6S2/c1-31-15-11-13-16(14-12-15)34(29,30)26-19-9-5-3-7-17(19)23(27)25-21-18-8-4-6-10-20(18)33-22(21)24(28)32-2/h3-14,26H,1-2H3,(H,25,27). The Morgan fingerprint density at radius 2 is 1.56 bits per heavy atom. The summed E-state index contributed by atoms with van der Waals surface area (Å²) >= 11 is 1.20. The van der Waals surface area contributed by atoms with E-state index in [1.54, 1.807) is 24.3 Å². The number of sulfonamides is 1. The molecule has 0 aliphatic rings. The van der Waals surface area contributed by atoms with Crippen molar-refractivity contribution in [2.24, 2.45) is 0 Å². The highest BCUT2D eigenvalue weighted by Gasteiger charge is 2.23. The van der Waals surface area contributed by atoms with E-state index in [0.29, 0.717) is 16.8 Å². The number of hydrogen-bond acceptors (Lipinski definition) is 7. The predicted octanol–water partition coefficient (Wildman–Crippen LogP) is 4.75. The summed E-state index contributed by atoms with van der Waals surface area (Å²) in [6.07, 6.45) is 0. The van der Waals surface area contributed by atoms with Crippen LogP contribution in [-0.4, -0.2) is 34.5 Å². The molecule has 1 amide bonds. The normalized spacial score (nSPS) is 11.1. The molecule has 2 N–H and O–H groups in total. The molecule has 0 unspecified atom stereocenters. The zero-order chi connectivity index (χ0) is 24.3. The third-order valence-electron chi connectivity index (χ3n) is 4.99. The van der Waals surface area contributed by atoms with Gasteiger partial charge in [-0.1, -0.05) is 30.3 Å². The molecule has 0 atom stereocenters. The number of ether oxygens (including phenoxy) is 2. The second-order valence-corrected chi connectivity index (χ2v) is 9.81. The molecular weight excluding hydrogens is 476 g/mol. The van der Waals surface area contributed by atoms with Crippen LogP contribution in [0.2, 0.25) is 0 Å². The molecule has 0 radical (unpaired) electrons. The van der Waals surface area contributed by atoms with Crippen LogP contribution in [0.3, 0.4) is 0 Å². The third-order valence-corrected chi connectivity index (χ3v) is 7.52. The van der Waals surface area contributed by atoms with E-state index < -0.39 is 21.9 Å². The number of fused-ring (bicyclic) bond motifs is 1. The Morgan fingerprint density at radius 3 is 2.26 bits per heavy atom. The van der Waals surface area contributed by atoms with Gasteiger partial charge >= 0.3 is 5.97 Å². The smallest absolute Gasteiger partial charge is 0.350 e. The molecule has 0 saturated heterocycles. The highest BCUT2D eigenvalue weighted by Crippen LogP contribution is 2.37. The molecule has 174 valence electrons. The summed E-state index contributed by atoms with van der Waals surface area (Å²) in [4.78, 5) is 25.8. The van der Waals surface area contributed by atoms with E-state index in [-0.39, 0.29) is 21.0 Å². The van der Waals surface area contributed by atoms with Gasteiger partial charge in [-0.05, 0) is 42.5 Å². The Labute approximate surface area is 200 Å². The number of benzene rings is 3. The van der Waals surface area contributed by atoms with Crippen LogP contribution in [0, 0.1) is 0 Å². The van der Waals surface area contributed by atoms with E-state index >= 15 is 0 Å². The molecule has 34 heavy (non-hydrogen) atoms. The molecule has 0 aliphatic heterocycles. The number of anilines is 2. The quantitative estimate of drug-likeness (QED) is 0.357. The summed E-state index contributed by atoms with van der Waals surface area (Å²) in [5.74, 6) is -0.644. The molecular formula is C24H20N2O6S2. The molecule has 0 fully saturated rings. The summed E-state index contributed by atoms with van der Waals surface area (Å²) in [6, 6.07) is 19.3. The van der Waals surface area contributed by atoms with Gasteiger partial charge in [0.25, 0.3) is 15.9 Å². The van der Waals surface area contributed by atoms with Gasteiger partial charge in [0.1, 0.15) is 10.6 Å². The lowest BCUT2D eigenvalue weighted by molar-refractivity contribution is 0.0607. The van der Waals surface area contributed by atoms with Crippen molar-refractivity contribution < 1.29 is 27.5 Å². The molecule has 8 nitrogen and oxygen atoms in total. The van der Waals surface area contributed by atoms with Crippen molar-refractivity contribution in [3.05, 3.63) is 83.2 Å². The summed E-state index contributed by atoms with van der Waals surface area (Å²) in [7, 11) is -1.22. The van der Waals surface area contributed by atoms with Crippen molar-refractivity contribution in [3.63, 3.8) is 0 Å². The second kappa shape index (κ2) is 9.54. The highest BCUT2D eigenvalue weighted by molar-refractivity contribution is 7.92. The largest absolute Gasteiger partial charge is 0.497 e. The van der Waals surface area contributed by atoms with Crippen LogP contribution in [-0.2, 0) is 14.8 Å². The summed E-state index contributed by atoms with van der Waals surface area (Å²) in [6.45, 7) is 0. The first-order valence-corrected chi connectivity index (χ1v) is 12.3. The number of carbonyl (C=O) groups excluding carboxylic acids is 2. The molecule has 4 aromatic rings.